The van der Waals surface area contributed by atoms with Gasteiger partial charge >= 0.3 is 0 Å². The third-order valence-electron chi connectivity index (χ3n) is 3.70. The molecule has 0 fully saturated rings. The summed E-state index contributed by atoms with van der Waals surface area (Å²) in [7, 11) is -1.87. The van der Waals surface area contributed by atoms with Crippen LogP contribution in [0.1, 0.15) is 32.4 Å². The van der Waals surface area contributed by atoms with Crippen LogP contribution < -0.4 is 0 Å². The van der Waals surface area contributed by atoms with Crippen molar-refractivity contribution >= 4 is 35.8 Å². The predicted octanol–water partition coefficient (Wildman–Crippen LogP) is 5.94. The highest BCUT2D eigenvalue weighted by Gasteiger charge is 2.39. The molecule has 1 atom stereocenters. The lowest BCUT2D eigenvalue weighted by Gasteiger charge is -2.39. The maximum Gasteiger partial charge on any atom is 0.192 e. The Morgan fingerprint density at radius 2 is 1.95 bits per heavy atom. The molecule has 5 heteroatoms. The average molecular weight is 368 g/mol. The second-order valence-electron chi connectivity index (χ2n) is 6.19. The largest absolute Gasteiger partial charge is 0.409 e. The highest BCUT2D eigenvalue weighted by molar-refractivity contribution is 9.09. The van der Waals surface area contributed by atoms with E-state index in [1.165, 1.54) is 6.07 Å². The molecule has 0 N–H and O–H groups in total. The molecule has 0 radical (unpaired) electrons. The van der Waals surface area contributed by atoms with Crippen LogP contribution in [0, 0.1) is 5.82 Å². The van der Waals surface area contributed by atoms with E-state index in [0.29, 0.717) is 5.33 Å². The normalized spacial score (nSPS) is 14.5. The molecule has 0 amide bonds. The molecular formula is C14H21BrClFOSi. The van der Waals surface area contributed by atoms with Crippen molar-refractivity contribution in [2.45, 2.75) is 45.0 Å². The van der Waals surface area contributed by atoms with Gasteiger partial charge in [-0.3, -0.25) is 0 Å². The van der Waals surface area contributed by atoms with Gasteiger partial charge in [0, 0.05) is 5.33 Å². The zero-order valence-electron chi connectivity index (χ0n) is 12.1. The van der Waals surface area contributed by atoms with E-state index in [1.807, 2.05) is 0 Å². The molecule has 1 aromatic carbocycles. The molecule has 0 aromatic heterocycles. The van der Waals surface area contributed by atoms with Crippen LogP contribution in [0.15, 0.2) is 18.2 Å². The van der Waals surface area contributed by atoms with E-state index in [4.69, 9.17) is 16.0 Å². The van der Waals surface area contributed by atoms with Crippen molar-refractivity contribution in [3.8, 4) is 0 Å². The van der Waals surface area contributed by atoms with Crippen LogP contribution in [0.4, 0.5) is 4.39 Å². The van der Waals surface area contributed by atoms with Gasteiger partial charge in [0.2, 0.25) is 0 Å². The molecule has 0 aliphatic carbocycles. The number of hydrogen-bond acceptors (Lipinski definition) is 1. The smallest absolute Gasteiger partial charge is 0.192 e. The molecule has 1 aromatic rings. The molecule has 0 spiro atoms. The van der Waals surface area contributed by atoms with Gasteiger partial charge in [0.05, 0.1) is 11.1 Å². The molecule has 1 nitrogen and oxygen atoms in total. The number of hydrogen-bond donors (Lipinski definition) is 0. The van der Waals surface area contributed by atoms with Gasteiger partial charge in [-0.1, -0.05) is 54.4 Å². The minimum Gasteiger partial charge on any atom is -0.409 e. The van der Waals surface area contributed by atoms with E-state index in [-0.39, 0.29) is 16.2 Å². The fourth-order valence-electron chi connectivity index (χ4n) is 1.43. The van der Waals surface area contributed by atoms with Gasteiger partial charge in [0.25, 0.3) is 0 Å². The second kappa shape index (κ2) is 6.25. The van der Waals surface area contributed by atoms with Crippen LogP contribution in [-0.2, 0) is 4.43 Å². The summed E-state index contributed by atoms with van der Waals surface area (Å²) in [6, 6.07) is 4.78. The molecule has 1 rings (SSSR count). The van der Waals surface area contributed by atoms with Gasteiger partial charge in [-0.05, 0) is 35.8 Å². The Morgan fingerprint density at radius 3 is 2.37 bits per heavy atom. The molecule has 0 saturated heterocycles. The first kappa shape index (κ1) is 17.1. The Kier molecular flexibility index (Phi) is 5.64. The average Bonchev–Trinajstić information content (AvgIpc) is 2.28. The van der Waals surface area contributed by atoms with Crippen molar-refractivity contribution in [1.29, 1.82) is 0 Å². The maximum absolute atomic E-state index is 13.2. The summed E-state index contributed by atoms with van der Waals surface area (Å²) < 4.78 is 19.6. The maximum atomic E-state index is 13.2. The topological polar surface area (TPSA) is 9.23 Å². The van der Waals surface area contributed by atoms with E-state index in [9.17, 15) is 4.39 Å². The van der Waals surface area contributed by atoms with Gasteiger partial charge in [-0.15, -0.1) is 0 Å². The predicted molar refractivity (Wildman–Crippen MR) is 86.2 cm³/mol. The van der Waals surface area contributed by atoms with Crippen LogP contribution in [0.25, 0.3) is 0 Å². The summed E-state index contributed by atoms with van der Waals surface area (Å²) in [5, 5.41) is 0.945. The number of halogens is 3. The Bertz CT molecular complexity index is 446. The quantitative estimate of drug-likeness (QED) is 0.473. The molecule has 0 aliphatic rings. The van der Waals surface area contributed by atoms with Crippen LogP contribution in [0.5, 0.6) is 0 Å². The molecule has 19 heavy (non-hydrogen) atoms. The van der Waals surface area contributed by atoms with Crippen molar-refractivity contribution in [2.24, 2.45) is 0 Å². The third kappa shape index (κ3) is 4.28. The lowest BCUT2D eigenvalue weighted by Crippen LogP contribution is -2.42. The van der Waals surface area contributed by atoms with Gasteiger partial charge in [0.1, 0.15) is 5.82 Å². The Balaban J connectivity index is 2.99. The SMILES string of the molecule is CC(C)(C)[Si](C)(C)OC(CBr)c1ccc(F)c(Cl)c1. The molecule has 0 aliphatic heterocycles. The monoisotopic (exact) mass is 366 g/mol. The first-order valence-electron chi connectivity index (χ1n) is 6.27. The first-order chi connectivity index (χ1) is 8.58. The Labute approximate surface area is 129 Å². The highest BCUT2D eigenvalue weighted by Crippen LogP contribution is 2.40. The first-order valence-corrected chi connectivity index (χ1v) is 10.7. The summed E-state index contributed by atoms with van der Waals surface area (Å²) in [4.78, 5) is 0. The zero-order chi connectivity index (χ0) is 14.8. The second-order valence-corrected chi connectivity index (χ2v) is 12.0. The van der Waals surface area contributed by atoms with E-state index in [2.05, 4.69) is 49.8 Å². The number of rotatable bonds is 4. The minimum atomic E-state index is -1.87. The molecule has 0 saturated carbocycles. The molecule has 0 bridgehead atoms. The summed E-state index contributed by atoms with van der Waals surface area (Å²) in [6.07, 6.45) is -0.0982. The van der Waals surface area contributed by atoms with Crippen molar-refractivity contribution in [2.75, 3.05) is 5.33 Å². The van der Waals surface area contributed by atoms with E-state index in [1.54, 1.807) is 12.1 Å². The molecule has 0 heterocycles. The Morgan fingerprint density at radius 1 is 1.37 bits per heavy atom. The minimum absolute atomic E-state index is 0.0982. The van der Waals surface area contributed by atoms with Gasteiger partial charge in [0.15, 0.2) is 8.32 Å². The van der Waals surface area contributed by atoms with Crippen molar-refractivity contribution in [1.82, 2.24) is 0 Å². The summed E-state index contributed by atoms with van der Waals surface area (Å²) in [6.45, 7) is 11.0. The number of alkyl halides is 1. The van der Waals surface area contributed by atoms with Crippen LogP contribution in [0.2, 0.25) is 23.2 Å². The molecular weight excluding hydrogens is 347 g/mol. The third-order valence-corrected chi connectivity index (χ3v) is 9.06. The Hall–Kier alpha value is 0.0969. The van der Waals surface area contributed by atoms with Crippen LogP contribution in [-0.4, -0.2) is 13.6 Å². The fraction of sp³-hybridized carbons (Fsp3) is 0.571. The molecule has 1 unspecified atom stereocenters. The van der Waals surface area contributed by atoms with Gasteiger partial charge < -0.3 is 4.43 Å². The summed E-state index contributed by atoms with van der Waals surface area (Å²) >= 11 is 9.32. The highest BCUT2D eigenvalue weighted by atomic mass is 79.9. The van der Waals surface area contributed by atoms with Crippen molar-refractivity contribution < 1.29 is 8.82 Å². The lowest BCUT2D eigenvalue weighted by molar-refractivity contribution is 0.208. The van der Waals surface area contributed by atoms with Crippen molar-refractivity contribution in [3.05, 3.63) is 34.6 Å². The fourth-order valence-corrected chi connectivity index (χ4v) is 3.66. The van der Waals surface area contributed by atoms with Gasteiger partial charge in [-0.2, -0.15) is 0 Å². The number of benzene rings is 1. The van der Waals surface area contributed by atoms with E-state index in [0.717, 1.165) is 5.56 Å². The van der Waals surface area contributed by atoms with Crippen LogP contribution >= 0.6 is 27.5 Å². The molecule has 108 valence electrons. The summed E-state index contributed by atoms with van der Waals surface area (Å²) in [5.74, 6) is -0.397. The van der Waals surface area contributed by atoms with E-state index >= 15 is 0 Å². The summed E-state index contributed by atoms with van der Waals surface area (Å²) in [5.41, 5.74) is 0.910. The van der Waals surface area contributed by atoms with Crippen LogP contribution in [0.3, 0.4) is 0 Å². The van der Waals surface area contributed by atoms with Gasteiger partial charge in [-0.25, -0.2) is 4.39 Å². The van der Waals surface area contributed by atoms with E-state index < -0.39 is 14.1 Å². The standard InChI is InChI=1S/C14H21BrClFOSi/c1-14(2,3)19(4,5)18-13(9-15)10-6-7-12(17)11(16)8-10/h6-8,13H,9H2,1-5H3. The lowest BCUT2D eigenvalue weighted by atomic mass is 10.1. The zero-order valence-corrected chi connectivity index (χ0v) is 15.4. The van der Waals surface area contributed by atoms with Crippen molar-refractivity contribution in [3.63, 3.8) is 0 Å².